The largest absolute Gasteiger partial charge is 0.351 e. The third-order valence-corrected chi connectivity index (χ3v) is 6.75. The van der Waals surface area contributed by atoms with E-state index in [0.717, 1.165) is 18.4 Å². The highest BCUT2D eigenvalue weighted by atomic mass is 32.2. The van der Waals surface area contributed by atoms with Gasteiger partial charge in [0, 0.05) is 24.1 Å². The first-order valence-corrected chi connectivity index (χ1v) is 12.9. The fourth-order valence-corrected chi connectivity index (χ4v) is 4.71. The summed E-state index contributed by atoms with van der Waals surface area (Å²) in [6, 6.07) is 19.5. The molecule has 11 heteroatoms. The van der Waals surface area contributed by atoms with Crippen LogP contribution in [0.25, 0.3) is 16.8 Å². The number of nitro benzene ring substituents is 1. The molecule has 4 aromatic rings. The minimum absolute atomic E-state index is 0.0362. The Bertz CT molecular complexity index is 1570. The van der Waals surface area contributed by atoms with Crippen molar-refractivity contribution in [3.63, 3.8) is 0 Å². The van der Waals surface area contributed by atoms with Gasteiger partial charge in [0.2, 0.25) is 10.0 Å². The van der Waals surface area contributed by atoms with Crippen LogP contribution in [0.15, 0.2) is 82.5 Å². The van der Waals surface area contributed by atoms with E-state index >= 15 is 0 Å². The van der Waals surface area contributed by atoms with Crippen molar-refractivity contribution in [2.45, 2.75) is 37.6 Å². The SMILES string of the molecule is CCCCc1nn(-c2cccc([N+](=O)[O-])c2)c(=O)n1Cc1ccc(-c2ccccc2S(N)(=O)=O)cc1. The minimum Gasteiger partial charge on any atom is -0.274 e. The van der Waals surface area contributed by atoms with E-state index < -0.39 is 20.6 Å². The van der Waals surface area contributed by atoms with Crippen LogP contribution in [0, 0.1) is 10.1 Å². The van der Waals surface area contributed by atoms with Gasteiger partial charge in [-0.2, -0.15) is 4.68 Å². The molecule has 2 N–H and O–H groups in total. The van der Waals surface area contributed by atoms with Crippen LogP contribution in [0.4, 0.5) is 5.69 Å². The second kappa shape index (κ2) is 10.3. The number of benzene rings is 3. The van der Waals surface area contributed by atoms with Crippen molar-refractivity contribution in [1.29, 1.82) is 0 Å². The molecule has 3 aromatic carbocycles. The topological polar surface area (TPSA) is 143 Å². The van der Waals surface area contributed by atoms with E-state index in [-0.39, 0.29) is 17.1 Å². The van der Waals surface area contributed by atoms with Crippen LogP contribution in [0.3, 0.4) is 0 Å². The molecule has 0 amide bonds. The van der Waals surface area contributed by atoms with E-state index in [1.54, 1.807) is 41.0 Å². The third-order valence-electron chi connectivity index (χ3n) is 5.78. The van der Waals surface area contributed by atoms with Gasteiger partial charge in [-0.1, -0.05) is 61.9 Å². The zero-order valence-corrected chi connectivity index (χ0v) is 20.4. The van der Waals surface area contributed by atoms with E-state index in [0.29, 0.717) is 29.1 Å². The van der Waals surface area contributed by atoms with Crippen LogP contribution in [-0.4, -0.2) is 27.7 Å². The lowest BCUT2D eigenvalue weighted by molar-refractivity contribution is -0.384. The summed E-state index contributed by atoms with van der Waals surface area (Å²) >= 11 is 0. The van der Waals surface area contributed by atoms with Crippen LogP contribution in [0.1, 0.15) is 31.2 Å². The molecule has 4 rings (SSSR count). The number of nitrogens with zero attached hydrogens (tertiary/aromatic N) is 4. The first kappa shape index (κ1) is 25.0. The number of primary sulfonamides is 1. The lowest BCUT2D eigenvalue weighted by atomic mass is 10.0. The second-order valence-electron chi connectivity index (χ2n) is 8.32. The van der Waals surface area contributed by atoms with Gasteiger partial charge in [0.1, 0.15) is 5.82 Å². The zero-order valence-electron chi connectivity index (χ0n) is 19.6. The van der Waals surface area contributed by atoms with Crippen molar-refractivity contribution in [2.75, 3.05) is 0 Å². The third kappa shape index (κ3) is 5.26. The molecule has 0 atom stereocenters. The van der Waals surface area contributed by atoms with Crippen LogP contribution < -0.4 is 10.8 Å². The number of rotatable bonds is 9. The van der Waals surface area contributed by atoms with Gasteiger partial charge in [0.25, 0.3) is 5.69 Å². The molecule has 10 nitrogen and oxygen atoms in total. The zero-order chi connectivity index (χ0) is 25.9. The Balaban J connectivity index is 1.70. The van der Waals surface area contributed by atoms with Crippen molar-refractivity contribution in [1.82, 2.24) is 14.3 Å². The number of sulfonamides is 1. The summed E-state index contributed by atoms with van der Waals surface area (Å²) in [6.07, 6.45) is 2.32. The van der Waals surface area contributed by atoms with Gasteiger partial charge >= 0.3 is 5.69 Å². The molecule has 0 aliphatic rings. The van der Waals surface area contributed by atoms with Gasteiger partial charge in [-0.3, -0.25) is 14.7 Å². The molecule has 186 valence electrons. The summed E-state index contributed by atoms with van der Waals surface area (Å²) in [6.45, 7) is 2.28. The summed E-state index contributed by atoms with van der Waals surface area (Å²) < 4.78 is 26.7. The summed E-state index contributed by atoms with van der Waals surface area (Å²) in [5.41, 5.74) is 1.77. The Labute approximate surface area is 207 Å². The number of nitrogens with two attached hydrogens (primary N) is 1. The van der Waals surface area contributed by atoms with Crippen molar-refractivity contribution >= 4 is 15.7 Å². The molecule has 0 radical (unpaired) electrons. The molecule has 36 heavy (non-hydrogen) atoms. The van der Waals surface area contributed by atoms with Gasteiger partial charge in [0.15, 0.2) is 0 Å². The number of non-ortho nitro benzene ring substituents is 1. The summed E-state index contributed by atoms with van der Waals surface area (Å²) in [5.74, 6) is 0.581. The lowest BCUT2D eigenvalue weighted by Crippen LogP contribution is -2.25. The van der Waals surface area contributed by atoms with Gasteiger partial charge in [-0.05, 0) is 29.7 Å². The molecule has 0 spiro atoms. The van der Waals surface area contributed by atoms with Crippen LogP contribution in [0.5, 0.6) is 0 Å². The Morgan fingerprint density at radius 1 is 1.03 bits per heavy atom. The van der Waals surface area contributed by atoms with Crippen LogP contribution in [0.2, 0.25) is 0 Å². The van der Waals surface area contributed by atoms with Gasteiger partial charge in [0.05, 0.1) is 22.1 Å². The van der Waals surface area contributed by atoms with Crippen molar-refractivity contribution in [3.05, 3.63) is 105 Å². The van der Waals surface area contributed by atoms with E-state index in [9.17, 15) is 23.3 Å². The summed E-state index contributed by atoms with van der Waals surface area (Å²) in [5, 5.41) is 21.0. The van der Waals surface area contributed by atoms with E-state index in [1.165, 1.54) is 28.9 Å². The Kier molecular flexibility index (Phi) is 7.13. The highest BCUT2D eigenvalue weighted by Gasteiger charge is 2.18. The first-order valence-electron chi connectivity index (χ1n) is 11.3. The predicted octanol–water partition coefficient (Wildman–Crippen LogP) is 3.65. The number of hydrogen-bond donors (Lipinski definition) is 1. The minimum atomic E-state index is -3.89. The number of aryl methyl sites for hydroxylation is 1. The van der Waals surface area contributed by atoms with Gasteiger partial charge in [-0.15, -0.1) is 5.10 Å². The van der Waals surface area contributed by atoms with Crippen molar-refractivity contribution < 1.29 is 13.3 Å². The van der Waals surface area contributed by atoms with E-state index in [2.05, 4.69) is 5.10 Å². The fraction of sp³-hybridized carbons (Fsp3) is 0.200. The molecule has 1 heterocycles. The molecule has 0 fully saturated rings. The number of nitro groups is 1. The smallest absolute Gasteiger partial charge is 0.274 e. The summed E-state index contributed by atoms with van der Waals surface area (Å²) in [7, 11) is -3.89. The fourth-order valence-electron chi connectivity index (χ4n) is 3.95. The molecule has 0 unspecified atom stereocenters. The molecule has 1 aromatic heterocycles. The Hall–Kier alpha value is -4.09. The van der Waals surface area contributed by atoms with Crippen LogP contribution in [-0.2, 0) is 23.0 Å². The highest BCUT2D eigenvalue weighted by molar-refractivity contribution is 7.89. The van der Waals surface area contributed by atoms with Crippen LogP contribution >= 0.6 is 0 Å². The number of unbranched alkanes of at least 4 members (excludes halogenated alkanes) is 1. The predicted molar refractivity (Wildman–Crippen MR) is 135 cm³/mol. The first-order chi connectivity index (χ1) is 17.2. The molecule has 0 saturated heterocycles. The maximum Gasteiger partial charge on any atom is 0.351 e. The standard InChI is InChI=1S/C25H25N5O5S/c1-2-3-11-24-27-29(20-7-6-8-21(16-20)30(32)33)25(31)28(24)17-18-12-14-19(15-13-18)22-9-4-5-10-23(22)36(26,34)35/h4-10,12-16H,2-3,11,17H2,1H3,(H2,26,34,35). The van der Waals surface area contributed by atoms with Gasteiger partial charge in [-0.25, -0.2) is 18.4 Å². The van der Waals surface area contributed by atoms with Crippen molar-refractivity contribution in [3.8, 4) is 16.8 Å². The maximum atomic E-state index is 13.3. The molecule has 0 bridgehead atoms. The average molecular weight is 508 g/mol. The van der Waals surface area contributed by atoms with Gasteiger partial charge < -0.3 is 0 Å². The lowest BCUT2D eigenvalue weighted by Gasteiger charge is -2.10. The summed E-state index contributed by atoms with van der Waals surface area (Å²) in [4.78, 5) is 24.0. The average Bonchev–Trinajstić information content (AvgIpc) is 3.17. The van der Waals surface area contributed by atoms with E-state index in [4.69, 9.17) is 5.14 Å². The highest BCUT2D eigenvalue weighted by Crippen LogP contribution is 2.27. The normalized spacial score (nSPS) is 11.5. The Morgan fingerprint density at radius 2 is 1.75 bits per heavy atom. The second-order valence-corrected chi connectivity index (χ2v) is 9.85. The van der Waals surface area contributed by atoms with E-state index in [1.807, 2.05) is 19.1 Å². The van der Waals surface area contributed by atoms with Crippen molar-refractivity contribution in [2.24, 2.45) is 5.14 Å². The molecule has 0 aliphatic carbocycles. The Morgan fingerprint density at radius 3 is 2.42 bits per heavy atom. The maximum absolute atomic E-state index is 13.3. The molecular formula is C25H25N5O5S. The quantitative estimate of drug-likeness (QED) is 0.271. The molecule has 0 aliphatic heterocycles. The number of aromatic nitrogens is 3. The monoisotopic (exact) mass is 507 g/mol. The molecule has 0 saturated carbocycles. The number of hydrogen-bond acceptors (Lipinski definition) is 6. The molecular weight excluding hydrogens is 482 g/mol.